The number of allylic oxidation sites excluding steroid dienone is 2. The number of aromatic hydroxyl groups is 1. The van der Waals surface area contributed by atoms with Crippen LogP contribution in [0.1, 0.15) is 37.7 Å². The number of hydrogen-bond acceptors (Lipinski definition) is 7. The maximum absolute atomic E-state index is 13.8. The molecule has 0 unspecified atom stereocenters. The van der Waals surface area contributed by atoms with Crippen molar-refractivity contribution in [2.24, 2.45) is 17.8 Å². The fourth-order valence-electron chi connectivity index (χ4n) is 6.72. The van der Waals surface area contributed by atoms with Crippen molar-refractivity contribution in [3.05, 3.63) is 29.3 Å². The van der Waals surface area contributed by atoms with E-state index in [4.69, 9.17) is 32.7 Å². The molecule has 6 atom stereocenters. The summed E-state index contributed by atoms with van der Waals surface area (Å²) in [6.07, 6.45) is 2.69. The highest BCUT2D eigenvalue weighted by atomic mass is 79.9. The van der Waals surface area contributed by atoms with Gasteiger partial charge in [-0.25, -0.2) is 0 Å². The number of hydrogen-bond donors (Lipinski definition) is 1. The molecule has 4 aliphatic rings. The van der Waals surface area contributed by atoms with Crippen LogP contribution >= 0.6 is 39.1 Å². The second-order valence-electron chi connectivity index (χ2n) is 10.1. The fraction of sp³-hybridized carbons (Fsp3) is 0.538. The van der Waals surface area contributed by atoms with Crippen molar-refractivity contribution < 1.29 is 33.8 Å². The minimum absolute atomic E-state index is 0.0755. The summed E-state index contributed by atoms with van der Waals surface area (Å²) in [5.41, 5.74) is 0.968. The number of methoxy groups -OCH3 is 2. The Bertz CT molecular complexity index is 1260. The molecule has 1 aromatic rings. The van der Waals surface area contributed by atoms with Gasteiger partial charge in [0.15, 0.2) is 21.2 Å². The van der Waals surface area contributed by atoms with Gasteiger partial charge in [0, 0.05) is 12.5 Å². The molecule has 5 rings (SSSR count). The third-order valence-electron chi connectivity index (χ3n) is 8.39. The van der Waals surface area contributed by atoms with E-state index < -0.39 is 45.2 Å². The van der Waals surface area contributed by atoms with E-state index >= 15 is 0 Å². The first kappa shape index (κ1) is 27.3. The Hall–Kier alpha value is -2.30. The van der Waals surface area contributed by atoms with Crippen molar-refractivity contribution in [2.45, 2.75) is 41.9 Å². The average molecular weight is 630 g/mol. The molecule has 1 saturated carbocycles. The van der Waals surface area contributed by atoms with Crippen molar-refractivity contribution >= 4 is 62.8 Å². The normalized spacial score (nSPS) is 34.2. The predicted octanol–water partition coefficient (Wildman–Crippen LogP) is 3.53. The number of likely N-dealkylation sites (tertiary alicyclic amines) is 2. The van der Waals surface area contributed by atoms with E-state index in [0.717, 1.165) is 4.90 Å². The van der Waals surface area contributed by atoms with Crippen LogP contribution in [0.15, 0.2) is 23.8 Å². The highest BCUT2D eigenvalue weighted by Crippen LogP contribution is 2.66. The van der Waals surface area contributed by atoms with Crippen molar-refractivity contribution in [3.8, 4) is 17.2 Å². The topological polar surface area (TPSA) is 113 Å². The van der Waals surface area contributed by atoms with Crippen molar-refractivity contribution in [3.63, 3.8) is 0 Å². The summed E-state index contributed by atoms with van der Waals surface area (Å²) < 4.78 is 10.7. The molecule has 38 heavy (non-hydrogen) atoms. The number of rotatable bonds is 6. The summed E-state index contributed by atoms with van der Waals surface area (Å²) in [6.45, 7) is 2.20. The first-order valence-corrected chi connectivity index (χ1v) is 14.2. The monoisotopic (exact) mass is 628 g/mol. The van der Waals surface area contributed by atoms with Crippen LogP contribution in [0.4, 0.5) is 0 Å². The third-order valence-corrected chi connectivity index (χ3v) is 10.3. The summed E-state index contributed by atoms with van der Waals surface area (Å²) in [4.78, 5) is 52.7. The number of amides is 4. The molecule has 4 amide bonds. The minimum atomic E-state index is -1.95. The van der Waals surface area contributed by atoms with Crippen molar-refractivity contribution in [2.75, 3.05) is 26.2 Å². The van der Waals surface area contributed by atoms with Crippen LogP contribution in [0.25, 0.3) is 0 Å². The molecule has 2 aliphatic carbocycles. The minimum Gasteiger partial charge on any atom is -0.502 e. The number of phenolic OH excluding ortho intramolecular Hbond substituents is 1. The van der Waals surface area contributed by atoms with Crippen LogP contribution in [0.3, 0.4) is 0 Å². The van der Waals surface area contributed by atoms with Gasteiger partial charge in [0.2, 0.25) is 17.6 Å². The Kier molecular flexibility index (Phi) is 6.76. The molecule has 12 heteroatoms. The van der Waals surface area contributed by atoms with Gasteiger partial charge in [0.1, 0.15) is 0 Å². The van der Waals surface area contributed by atoms with E-state index in [2.05, 4.69) is 15.9 Å². The largest absolute Gasteiger partial charge is 0.502 e. The summed E-state index contributed by atoms with van der Waals surface area (Å²) in [7, 11) is 2.74. The summed E-state index contributed by atoms with van der Waals surface area (Å²) >= 11 is 17.6. The van der Waals surface area contributed by atoms with Crippen molar-refractivity contribution in [1.29, 1.82) is 0 Å². The van der Waals surface area contributed by atoms with Gasteiger partial charge in [-0.3, -0.25) is 29.0 Å². The van der Waals surface area contributed by atoms with Gasteiger partial charge in [-0.05, 0) is 42.9 Å². The number of fused-ring (bicyclic) bond motifs is 4. The van der Waals surface area contributed by atoms with E-state index in [9.17, 15) is 24.3 Å². The lowest BCUT2D eigenvalue weighted by Crippen LogP contribution is -2.60. The smallest absolute Gasteiger partial charge is 0.254 e. The number of carbonyl (C=O) groups excluding carboxylic acids is 4. The number of halogens is 3. The van der Waals surface area contributed by atoms with Gasteiger partial charge in [0.05, 0.1) is 31.5 Å². The Morgan fingerprint density at radius 2 is 1.66 bits per heavy atom. The van der Waals surface area contributed by atoms with Crippen LogP contribution < -0.4 is 9.47 Å². The Morgan fingerprint density at radius 3 is 2.21 bits per heavy atom. The summed E-state index contributed by atoms with van der Waals surface area (Å²) in [6, 6.07) is 3.05. The predicted molar refractivity (Wildman–Crippen MR) is 142 cm³/mol. The molecular formula is C26H27BrCl2N2O7. The molecule has 2 saturated heterocycles. The lowest BCUT2D eigenvalue weighted by atomic mass is 9.56. The summed E-state index contributed by atoms with van der Waals surface area (Å²) in [5.74, 6) is -4.85. The first-order chi connectivity index (χ1) is 18.0. The maximum Gasteiger partial charge on any atom is 0.254 e. The molecule has 0 radical (unpaired) electrons. The number of nitrogens with zero attached hydrogens (tertiary/aromatic N) is 2. The zero-order valence-corrected chi connectivity index (χ0v) is 24.1. The number of phenols is 1. The average Bonchev–Trinajstić information content (AvgIpc) is 3.22. The van der Waals surface area contributed by atoms with Gasteiger partial charge in [-0.15, -0.1) is 23.2 Å². The second-order valence-corrected chi connectivity index (χ2v) is 11.8. The highest BCUT2D eigenvalue weighted by molar-refractivity contribution is 9.09. The van der Waals surface area contributed by atoms with Gasteiger partial charge < -0.3 is 14.6 Å². The summed E-state index contributed by atoms with van der Waals surface area (Å²) in [5, 5.41) is 10.5. The van der Waals surface area contributed by atoms with Crippen LogP contribution in [0, 0.1) is 17.8 Å². The van der Waals surface area contributed by atoms with Crippen LogP contribution in [-0.4, -0.2) is 74.5 Å². The number of carbonyl (C=O) groups is 4. The molecule has 2 heterocycles. The fourth-order valence-corrected chi connectivity index (χ4v) is 8.14. The molecule has 0 bridgehead atoms. The molecular weight excluding hydrogens is 603 g/mol. The Morgan fingerprint density at radius 1 is 1.03 bits per heavy atom. The van der Waals surface area contributed by atoms with E-state index in [0.29, 0.717) is 24.1 Å². The van der Waals surface area contributed by atoms with Crippen LogP contribution in [-0.2, 0) is 19.2 Å². The first-order valence-electron chi connectivity index (χ1n) is 12.3. The Labute approximate surface area is 238 Å². The molecule has 0 aromatic heterocycles. The SMILES string of the molecule is CCCN1C(=O)[C@H]2[C@H](CC=C3[C@H]2C[C@@]2(Cl)C(=O)N(CBr)C(=O)[C@@]2(Cl)[C@H]3c2cc(OC)c(O)c(OC)c2)C1=O. The lowest BCUT2D eigenvalue weighted by molar-refractivity contribution is -0.141. The van der Waals surface area contributed by atoms with Gasteiger partial charge in [0.25, 0.3) is 11.8 Å². The van der Waals surface area contributed by atoms with Crippen molar-refractivity contribution in [1.82, 2.24) is 9.80 Å². The van der Waals surface area contributed by atoms with E-state index in [-0.39, 0.29) is 47.4 Å². The third kappa shape index (κ3) is 3.35. The maximum atomic E-state index is 13.8. The molecule has 2 aliphatic heterocycles. The number of imide groups is 2. The highest BCUT2D eigenvalue weighted by Gasteiger charge is 2.76. The molecule has 3 fully saturated rings. The van der Waals surface area contributed by atoms with E-state index in [1.165, 1.54) is 31.3 Å². The molecule has 0 spiro atoms. The molecule has 1 aromatic carbocycles. The quantitative estimate of drug-likeness (QED) is 0.222. The van der Waals surface area contributed by atoms with Crippen LogP contribution in [0.5, 0.6) is 17.2 Å². The Balaban J connectivity index is 1.75. The van der Waals surface area contributed by atoms with Crippen LogP contribution in [0.2, 0.25) is 0 Å². The van der Waals surface area contributed by atoms with Gasteiger partial charge in [-0.2, -0.15) is 0 Å². The lowest BCUT2D eigenvalue weighted by Gasteiger charge is -2.50. The zero-order valence-electron chi connectivity index (χ0n) is 21.0. The van der Waals surface area contributed by atoms with E-state index in [1.54, 1.807) is 0 Å². The zero-order chi connectivity index (χ0) is 27.7. The standard InChI is InChI=1S/C26H27BrCl2N2O7/c1-4-7-30-21(33)14-6-5-13-15(18(14)22(30)34)10-25(28)23(35)31(11-27)24(36)26(25,29)19(13)12-8-16(37-2)20(32)17(9-12)38-3/h5,8-9,14-15,18-19,32H,4,6-7,10-11H2,1-3H3/t14-,15+,18-,19-,25+,26-/m0/s1. The molecule has 9 nitrogen and oxygen atoms in total. The number of alkyl halides is 3. The number of ether oxygens (including phenoxy) is 2. The molecule has 1 N–H and O–H groups in total. The van der Waals surface area contributed by atoms with Gasteiger partial charge in [-0.1, -0.05) is 34.5 Å². The molecule has 204 valence electrons. The number of benzene rings is 1. The van der Waals surface area contributed by atoms with E-state index in [1.807, 2.05) is 13.0 Å². The van der Waals surface area contributed by atoms with Gasteiger partial charge >= 0.3 is 0 Å². The second kappa shape index (κ2) is 9.41.